The van der Waals surface area contributed by atoms with E-state index in [2.05, 4.69) is 85.3 Å². The molecule has 0 N–H and O–H groups in total. The average molecular weight is 371 g/mol. The van der Waals surface area contributed by atoms with Crippen LogP contribution in [-0.2, 0) is 0 Å². The van der Waals surface area contributed by atoms with E-state index in [4.69, 9.17) is 0 Å². The van der Waals surface area contributed by atoms with Gasteiger partial charge in [0.2, 0.25) is 0 Å². The fraction of sp³-hybridized carbons (Fsp3) is 0.0833. The molecule has 0 bridgehead atoms. The summed E-state index contributed by atoms with van der Waals surface area (Å²) < 4.78 is 0. The molecule has 2 heteroatoms. The SMILES string of the molecule is CSc1cccc2cc3cc4cc5c(SC)cccc5cc4cc3cc12. The fourth-order valence-corrected chi connectivity index (χ4v) is 5.08. The third-order valence-electron chi connectivity index (χ3n) is 5.15. The van der Waals surface area contributed by atoms with Gasteiger partial charge in [-0.2, -0.15) is 0 Å². The smallest absolute Gasteiger partial charge is 0.0148 e. The van der Waals surface area contributed by atoms with Crippen LogP contribution in [-0.4, -0.2) is 12.5 Å². The summed E-state index contributed by atoms with van der Waals surface area (Å²) in [4.78, 5) is 2.68. The lowest BCUT2D eigenvalue weighted by atomic mass is 9.97. The summed E-state index contributed by atoms with van der Waals surface area (Å²) in [6.45, 7) is 0. The Morgan fingerprint density at radius 3 is 1.27 bits per heavy atom. The Labute approximate surface area is 161 Å². The largest absolute Gasteiger partial charge is 0.129 e. The number of fused-ring (bicyclic) bond motifs is 4. The van der Waals surface area contributed by atoms with Crippen molar-refractivity contribution in [2.75, 3.05) is 12.5 Å². The summed E-state index contributed by atoms with van der Waals surface area (Å²) in [5.74, 6) is 0. The zero-order valence-electron chi connectivity index (χ0n) is 14.7. The minimum Gasteiger partial charge on any atom is -0.129 e. The second-order valence-corrected chi connectivity index (χ2v) is 8.31. The Balaban J connectivity index is 1.87. The molecule has 0 atom stereocenters. The zero-order valence-corrected chi connectivity index (χ0v) is 16.4. The molecule has 5 aromatic carbocycles. The molecular formula is C24H18S2. The molecule has 126 valence electrons. The maximum absolute atomic E-state index is 2.35. The van der Waals surface area contributed by atoms with Crippen molar-refractivity contribution in [1.82, 2.24) is 0 Å². The number of rotatable bonds is 2. The Kier molecular flexibility index (Phi) is 3.84. The highest BCUT2D eigenvalue weighted by atomic mass is 32.2. The highest BCUT2D eigenvalue weighted by molar-refractivity contribution is 7.99. The summed E-state index contributed by atoms with van der Waals surface area (Å²) in [5.41, 5.74) is 0. The molecule has 0 saturated carbocycles. The molecule has 0 aliphatic rings. The second-order valence-electron chi connectivity index (χ2n) is 6.61. The zero-order chi connectivity index (χ0) is 17.7. The first-order chi connectivity index (χ1) is 12.8. The van der Waals surface area contributed by atoms with E-state index >= 15 is 0 Å². The van der Waals surface area contributed by atoms with Crippen LogP contribution < -0.4 is 0 Å². The molecule has 5 rings (SSSR count). The average Bonchev–Trinajstić information content (AvgIpc) is 2.68. The van der Waals surface area contributed by atoms with E-state index in [1.165, 1.54) is 52.9 Å². The molecule has 0 fully saturated rings. The van der Waals surface area contributed by atoms with Crippen LogP contribution in [0.3, 0.4) is 0 Å². The number of hydrogen-bond acceptors (Lipinski definition) is 2. The van der Waals surface area contributed by atoms with Gasteiger partial charge in [-0.15, -0.1) is 23.5 Å². The van der Waals surface area contributed by atoms with Crippen LogP contribution in [0.25, 0.3) is 43.1 Å². The van der Waals surface area contributed by atoms with Crippen molar-refractivity contribution in [3.05, 3.63) is 72.8 Å². The highest BCUT2D eigenvalue weighted by Crippen LogP contribution is 2.35. The van der Waals surface area contributed by atoms with Crippen LogP contribution in [0.4, 0.5) is 0 Å². The van der Waals surface area contributed by atoms with Gasteiger partial charge in [0.05, 0.1) is 0 Å². The monoisotopic (exact) mass is 370 g/mol. The lowest BCUT2D eigenvalue weighted by Gasteiger charge is -2.10. The van der Waals surface area contributed by atoms with Gasteiger partial charge < -0.3 is 0 Å². The third-order valence-corrected chi connectivity index (χ3v) is 6.74. The van der Waals surface area contributed by atoms with E-state index in [-0.39, 0.29) is 0 Å². The molecule has 0 amide bonds. The topological polar surface area (TPSA) is 0 Å². The number of benzene rings is 5. The van der Waals surface area contributed by atoms with Crippen molar-refractivity contribution >= 4 is 66.6 Å². The van der Waals surface area contributed by atoms with Crippen LogP contribution in [0.15, 0.2) is 82.6 Å². The Morgan fingerprint density at radius 1 is 0.462 bits per heavy atom. The van der Waals surface area contributed by atoms with Crippen molar-refractivity contribution in [2.24, 2.45) is 0 Å². The third kappa shape index (κ3) is 2.48. The number of hydrogen-bond donors (Lipinski definition) is 0. The van der Waals surface area contributed by atoms with Crippen LogP contribution in [0.2, 0.25) is 0 Å². The first kappa shape index (κ1) is 16.0. The molecule has 0 unspecified atom stereocenters. The molecular weight excluding hydrogens is 352 g/mol. The van der Waals surface area contributed by atoms with Gasteiger partial charge in [-0.05, 0) is 104 Å². The lowest BCUT2D eigenvalue weighted by molar-refractivity contribution is 1.56. The van der Waals surface area contributed by atoms with Gasteiger partial charge in [0.1, 0.15) is 0 Å². The summed E-state index contributed by atoms with van der Waals surface area (Å²) >= 11 is 3.63. The Bertz CT molecular complexity index is 1200. The van der Waals surface area contributed by atoms with Gasteiger partial charge in [0, 0.05) is 9.79 Å². The molecule has 5 aromatic rings. The van der Waals surface area contributed by atoms with E-state index in [0.717, 1.165) is 0 Å². The molecule has 0 nitrogen and oxygen atoms in total. The molecule has 0 spiro atoms. The van der Waals surface area contributed by atoms with Gasteiger partial charge in [0.15, 0.2) is 0 Å². The highest BCUT2D eigenvalue weighted by Gasteiger charge is 2.07. The van der Waals surface area contributed by atoms with Gasteiger partial charge in [-0.1, -0.05) is 24.3 Å². The van der Waals surface area contributed by atoms with Crippen LogP contribution in [0.1, 0.15) is 0 Å². The maximum Gasteiger partial charge on any atom is 0.0148 e. The van der Waals surface area contributed by atoms with Crippen LogP contribution in [0.5, 0.6) is 0 Å². The fourth-order valence-electron chi connectivity index (χ4n) is 3.85. The first-order valence-corrected chi connectivity index (χ1v) is 11.1. The van der Waals surface area contributed by atoms with E-state index in [1.54, 1.807) is 0 Å². The van der Waals surface area contributed by atoms with Crippen molar-refractivity contribution in [3.63, 3.8) is 0 Å². The van der Waals surface area contributed by atoms with Crippen molar-refractivity contribution in [2.45, 2.75) is 9.79 Å². The van der Waals surface area contributed by atoms with Gasteiger partial charge in [-0.3, -0.25) is 0 Å². The van der Waals surface area contributed by atoms with Crippen LogP contribution in [0, 0.1) is 0 Å². The Morgan fingerprint density at radius 2 is 0.846 bits per heavy atom. The normalized spacial score (nSPS) is 11.8. The summed E-state index contributed by atoms with van der Waals surface area (Å²) in [6, 6.07) is 27.2. The van der Waals surface area contributed by atoms with E-state index in [0.29, 0.717) is 0 Å². The number of thioether (sulfide) groups is 2. The molecule has 0 aliphatic carbocycles. The molecule has 0 saturated heterocycles. The lowest BCUT2D eigenvalue weighted by Crippen LogP contribution is -1.83. The van der Waals surface area contributed by atoms with E-state index < -0.39 is 0 Å². The predicted octanol–water partition coefficient (Wildman–Crippen LogP) is 7.74. The van der Waals surface area contributed by atoms with E-state index in [9.17, 15) is 0 Å². The molecule has 0 aromatic heterocycles. The van der Waals surface area contributed by atoms with Crippen LogP contribution >= 0.6 is 23.5 Å². The van der Waals surface area contributed by atoms with Crippen molar-refractivity contribution < 1.29 is 0 Å². The summed E-state index contributed by atoms with van der Waals surface area (Å²) in [7, 11) is 0. The van der Waals surface area contributed by atoms with Crippen molar-refractivity contribution in [1.29, 1.82) is 0 Å². The maximum atomic E-state index is 2.35. The van der Waals surface area contributed by atoms with E-state index in [1.807, 2.05) is 23.5 Å². The standard InChI is InChI=1S/C24H18S2/c1-25-23-7-3-5-15-9-17-12-20-14-22-16(6-4-8-24(22)26-2)10-18(20)11-19(17)13-21(15)23/h3-14H,1-2H3. The minimum absolute atomic E-state index is 1.31. The second kappa shape index (κ2) is 6.22. The van der Waals surface area contributed by atoms with Gasteiger partial charge in [0.25, 0.3) is 0 Å². The predicted molar refractivity (Wildman–Crippen MR) is 120 cm³/mol. The summed E-state index contributed by atoms with van der Waals surface area (Å²) in [5, 5.41) is 10.6. The van der Waals surface area contributed by atoms with Crippen molar-refractivity contribution in [3.8, 4) is 0 Å². The molecule has 26 heavy (non-hydrogen) atoms. The molecule has 0 aliphatic heterocycles. The van der Waals surface area contributed by atoms with Gasteiger partial charge in [-0.25, -0.2) is 0 Å². The van der Waals surface area contributed by atoms with Gasteiger partial charge >= 0.3 is 0 Å². The summed E-state index contributed by atoms with van der Waals surface area (Å²) in [6.07, 6.45) is 4.30. The first-order valence-electron chi connectivity index (χ1n) is 8.68. The quantitative estimate of drug-likeness (QED) is 0.230. The minimum atomic E-state index is 1.31. The Hall–Kier alpha value is -2.16. The molecule has 0 radical (unpaired) electrons. The molecule has 0 heterocycles.